The van der Waals surface area contributed by atoms with Gasteiger partial charge in [0.05, 0.1) is 12.7 Å². The number of anilines is 1. The summed E-state index contributed by atoms with van der Waals surface area (Å²) in [7, 11) is 0. The van der Waals surface area contributed by atoms with Crippen LogP contribution in [0.25, 0.3) is 0 Å². The zero-order valence-electron chi connectivity index (χ0n) is 8.94. The molecule has 0 spiro atoms. The topological polar surface area (TPSA) is 56.7 Å². The molecule has 4 heteroatoms. The number of rotatable bonds is 2. The van der Waals surface area contributed by atoms with E-state index in [0.717, 1.165) is 0 Å². The molecule has 1 heterocycles. The van der Waals surface area contributed by atoms with Crippen molar-refractivity contribution in [1.82, 2.24) is 15.0 Å². The van der Waals surface area contributed by atoms with Crippen molar-refractivity contribution in [2.75, 3.05) is 5.73 Å². The smallest absolute Gasteiger partial charge is 0.165 e. The Morgan fingerprint density at radius 2 is 1.93 bits per heavy atom. The molecule has 0 aliphatic heterocycles. The highest BCUT2D eigenvalue weighted by Gasteiger charge is 2.04. The van der Waals surface area contributed by atoms with Crippen molar-refractivity contribution < 1.29 is 0 Å². The van der Waals surface area contributed by atoms with Gasteiger partial charge in [-0.1, -0.05) is 18.2 Å². The van der Waals surface area contributed by atoms with Crippen LogP contribution in [-0.2, 0) is 6.54 Å². The summed E-state index contributed by atoms with van der Waals surface area (Å²) in [6.07, 6.45) is 1.56. The lowest BCUT2D eigenvalue weighted by Gasteiger charge is -2.08. The SMILES string of the molecule is Cc1cccc(C)c1Cn1ncc(N)n1. The zero-order valence-corrected chi connectivity index (χ0v) is 8.94. The molecule has 0 radical (unpaired) electrons. The Kier molecular flexibility index (Phi) is 2.41. The first-order valence-electron chi connectivity index (χ1n) is 4.87. The minimum absolute atomic E-state index is 0.459. The Bertz CT molecular complexity index is 453. The quantitative estimate of drug-likeness (QED) is 0.803. The molecule has 0 aliphatic rings. The van der Waals surface area contributed by atoms with Crippen molar-refractivity contribution in [2.45, 2.75) is 20.4 Å². The van der Waals surface area contributed by atoms with E-state index >= 15 is 0 Å². The molecule has 0 unspecified atom stereocenters. The molecule has 78 valence electrons. The highest BCUT2D eigenvalue weighted by atomic mass is 15.5. The fourth-order valence-corrected chi connectivity index (χ4v) is 1.63. The van der Waals surface area contributed by atoms with Crippen LogP contribution in [0.5, 0.6) is 0 Å². The zero-order chi connectivity index (χ0) is 10.8. The van der Waals surface area contributed by atoms with Crippen molar-refractivity contribution in [3.8, 4) is 0 Å². The lowest BCUT2D eigenvalue weighted by atomic mass is 10.0. The summed E-state index contributed by atoms with van der Waals surface area (Å²) in [6.45, 7) is 4.86. The third-order valence-electron chi connectivity index (χ3n) is 2.50. The number of hydrogen-bond acceptors (Lipinski definition) is 3. The predicted octanol–water partition coefficient (Wildman–Crippen LogP) is 1.53. The molecule has 4 nitrogen and oxygen atoms in total. The van der Waals surface area contributed by atoms with Crippen LogP contribution in [0, 0.1) is 13.8 Å². The summed E-state index contributed by atoms with van der Waals surface area (Å²) >= 11 is 0. The van der Waals surface area contributed by atoms with Crippen molar-refractivity contribution in [2.24, 2.45) is 0 Å². The molecular formula is C11H14N4. The first-order valence-corrected chi connectivity index (χ1v) is 4.87. The second-order valence-corrected chi connectivity index (χ2v) is 3.67. The fourth-order valence-electron chi connectivity index (χ4n) is 1.63. The molecule has 0 saturated carbocycles. The lowest BCUT2D eigenvalue weighted by molar-refractivity contribution is 0.589. The van der Waals surface area contributed by atoms with Crippen LogP contribution in [-0.4, -0.2) is 15.0 Å². The third-order valence-corrected chi connectivity index (χ3v) is 2.50. The number of benzene rings is 1. The number of aryl methyl sites for hydroxylation is 2. The van der Waals surface area contributed by atoms with E-state index in [1.165, 1.54) is 16.7 Å². The summed E-state index contributed by atoms with van der Waals surface area (Å²) in [5.41, 5.74) is 9.28. The van der Waals surface area contributed by atoms with Gasteiger partial charge in [0.25, 0.3) is 0 Å². The molecule has 15 heavy (non-hydrogen) atoms. The summed E-state index contributed by atoms with van der Waals surface area (Å²) in [6, 6.07) is 6.24. The van der Waals surface area contributed by atoms with Gasteiger partial charge in [-0.15, -0.1) is 5.10 Å². The van der Waals surface area contributed by atoms with E-state index < -0.39 is 0 Å². The number of hydrogen-bond donors (Lipinski definition) is 1. The highest BCUT2D eigenvalue weighted by molar-refractivity contribution is 5.33. The average Bonchev–Trinajstić information content (AvgIpc) is 2.58. The van der Waals surface area contributed by atoms with Crippen molar-refractivity contribution in [3.05, 3.63) is 41.1 Å². The van der Waals surface area contributed by atoms with Gasteiger partial charge in [0.15, 0.2) is 5.82 Å². The maximum Gasteiger partial charge on any atom is 0.165 e. The summed E-state index contributed by atoms with van der Waals surface area (Å²) in [5, 5.41) is 8.15. The van der Waals surface area contributed by atoms with Gasteiger partial charge in [0.1, 0.15) is 0 Å². The number of aromatic nitrogens is 3. The van der Waals surface area contributed by atoms with Gasteiger partial charge in [-0.3, -0.25) is 0 Å². The van der Waals surface area contributed by atoms with E-state index in [1.54, 1.807) is 11.0 Å². The standard InChI is InChI=1S/C11H14N4/c1-8-4-3-5-9(2)10(8)7-15-13-6-11(12)14-15/h3-6H,7H2,1-2H3,(H2,12,14). The molecule has 0 aliphatic carbocycles. The minimum atomic E-state index is 0.459. The van der Waals surface area contributed by atoms with Gasteiger partial charge in [-0.2, -0.15) is 9.90 Å². The molecular weight excluding hydrogens is 188 g/mol. The molecule has 0 saturated heterocycles. The molecule has 1 aromatic heterocycles. The van der Waals surface area contributed by atoms with Gasteiger partial charge >= 0.3 is 0 Å². The molecule has 0 amide bonds. The van der Waals surface area contributed by atoms with Crippen LogP contribution in [0.3, 0.4) is 0 Å². The van der Waals surface area contributed by atoms with Crippen molar-refractivity contribution >= 4 is 5.82 Å². The molecule has 0 atom stereocenters. The second kappa shape index (κ2) is 3.73. The number of nitrogens with two attached hydrogens (primary N) is 1. The van der Waals surface area contributed by atoms with Crippen LogP contribution >= 0.6 is 0 Å². The van der Waals surface area contributed by atoms with Gasteiger partial charge in [-0.05, 0) is 30.5 Å². The number of nitrogens with zero attached hydrogens (tertiary/aromatic N) is 3. The van der Waals surface area contributed by atoms with E-state index in [1.807, 2.05) is 0 Å². The Balaban J connectivity index is 2.31. The molecule has 2 rings (SSSR count). The van der Waals surface area contributed by atoms with E-state index in [0.29, 0.717) is 12.4 Å². The monoisotopic (exact) mass is 202 g/mol. The van der Waals surface area contributed by atoms with E-state index in [-0.39, 0.29) is 0 Å². The minimum Gasteiger partial charge on any atom is -0.381 e. The van der Waals surface area contributed by atoms with Crippen LogP contribution in [0.15, 0.2) is 24.4 Å². The van der Waals surface area contributed by atoms with Crippen LogP contribution in [0.4, 0.5) is 5.82 Å². The van der Waals surface area contributed by atoms with Crippen LogP contribution < -0.4 is 5.73 Å². The fraction of sp³-hybridized carbons (Fsp3) is 0.273. The Morgan fingerprint density at radius 1 is 1.27 bits per heavy atom. The normalized spacial score (nSPS) is 10.5. The van der Waals surface area contributed by atoms with Gasteiger partial charge < -0.3 is 5.73 Å². The van der Waals surface area contributed by atoms with Gasteiger partial charge in [-0.25, -0.2) is 0 Å². The third kappa shape index (κ3) is 1.98. The summed E-state index contributed by atoms with van der Waals surface area (Å²) in [5.74, 6) is 0.459. The first kappa shape index (κ1) is 9.71. The van der Waals surface area contributed by atoms with Gasteiger partial charge in [0.2, 0.25) is 0 Å². The maximum absolute atomic E-state index is 5.51. The van der Waals surface area contributed by atoms with E-state index in [2.05, 4.69) is 42.2 Å². The maximum atomic E-state index is 5.51. The summed E-state index contributed by atoms with van der Waals surface area (Å²) in [4.78, 5) is 1.62. The van der Waals surface area contributed by atoms with Crippen molar-refractivity contribution in [3.63, 3.8) is 0 Å². The highest BCUT2D eigenvalue weighted by Crippen LogP contribution is 2.14. The van der Waals surface area contributed by atoms with Crippen LogP contribution in [0.1, 0.15) is 16.7 Å². The van der Waals surface area contributed by atoms with Crippen molar-refractivity contribution in [1.29, 1.82) is 0 Å². The molecule has 2 aromatic rings. The number of nitrogen functional groups attached to an aromatic ring is 1. The van der Waals surface area contributed by atoms with E-state index in [4.69, 9.17) is 5.73 Å². The van der Waals surface area contributed by atoms with Gasteiger partial charge in [0, 0.05) is 0 Å². The molecule has 0 fully saturated rings. The first-order chi connectivity index (χ1) is 7.16. The lowest BCUT2D eigenvalue weighted by Crippen LogP contribution is -2.07. The molecule has 0 bridgehead atoms. The van der Waals surface area contributed by atoms with Crippen LogP contribution in [0.2, 0.25) is 0 Å². The predicted molar refractivity (Wildman–Crippen MR) is 59.5 cm³/mol. The second-order valence-electron chi connectivity index (χ2n) is 3.67. The van der Waals surface area contributed by atoms with E-state index in [9.17, 15) is 0 Å². The average molecular weight is 202 g/mol. The summed E-state index contributed by atoms with van der Waals surface area (Å²) < 4.78 is 0. The molecule has 2 N–H and O–H groups in total. The Labute approximate surface area is 88.7 Å². The Morgan fingerprint density at radius 3 is 2.47 bits per heavy atom. The molecule has 1 aromatic carbocycles. The Hall–Kier alpha value is -1.84. The largest absolute Gasteiger partial charge is 0.381 e.